The normalized spacial score (nSPS) is 11.9. The van der Waals surface area contributed by atoms with Crippen LogP contribution in [0.25, 0.3) is 10.9 Å². The SMILES string of the molecule is CN(C)CCOc1ccc(S(=O)(=O)N(CC(=O)N=Nc2c(O)[nH]c3ccccc23)c2ccc(Cl)cc2)cc1. The number of nitrogens with one attached hydrogen (secondary N) is 1. The lowest BCUT2D eigenvalue weighted by Gasteiger charge is -2.23. The number of azo groups is 1. The van der Waals surface area contributed by atoms with Gasteiger partial charge in [-0.25, -0.2) is 8.42 Å². The van der Waals surface area contributed by atoms with Crippen LogP contribution in [0.4, 0.5) is 11.4 Å². The van der Waals surface area contributed by atoms with Crippen LogP contribution < -0.4 is 9.04 Å². The predicted octanol–water partition coefficient (Wildman–Crippen LogP) is 4.97. The lowest BCUT2D eigenvalue weighted by Crippen LogP contribution is -2.35. The van der Waals surface area contributed by atoms with E-state index in [4.69, 9.17) is 16.3 Å². The molecule has 0 saturated heterocycles. The summed E-state index contributed by atoms with van der Waals surface area (Å²) in [6.45, 7) is 0.524. The second-order valence-electron chi connectivity index (χ2n) is 8.57. The highest BCUT2D eigenvalue weighted by atomic mass is 35.5. The quantitative estimate of drug-likeness (QED) is 0.266. The summed E-state index contributed by atoms with van der Waals surface area (Å²) >= 11 is 5.99. The van der Waals surface area contributed by atoms with Crippen molar-refractivity contribution in [3.8, 4) is 11.6 Å². The number of rotatable bonds is 10. The van der Waals surface area contributed by atoms with E-state index in [1.165, 1.54) is 36.4 Å². The predicted molar refractivity (Wildman–Crippen MR) is 146 cm³/mol. The van der Waals surface area contributed by atoms with Gasteiger partial charge in [0, 0.05) is 17.0 Å². The Morgan fingerprint density at radius 2 is 1.71 bits per heavy atom. The molecule has 3 aromatic carbocycles. The van der Waals surface area contributed by atoms with E-state index in [9.17, 15) is 18.3 Å². The van der Waals surface area contributed by atoms with Crippen molar-refractivity contribution in [2.45, 2.75) is 4.90 Å². The summed E-state index contributed by atoms with van der Waals surface area (Å²) < 4.78 is 33.8. The highest BCUT2D eigenvalue weighted by Crippen LogP contribution is 2.35. The molecule has 10 nitrogen and oxygen atoms in total. The average molecular weight is 556 g/mol. The summed E-state index contributed by atoms with van der Waals surface area (Å²) in [4.78, 5) is 17.5. The molecule has 12 heteroatoms. The summed E-state index contributed by atoms with van der Waals surface area (Å²) in [7, 11) is -0.329. The van der Waals surface area contributed by atoms with E-state index in [1.807, 2.05) is 19.0 Å². The van der Waals surface area contributed by atoms with Gasteiger partial charge in [0.05, 0.1) is 16.1 Å². The number of fused-ring (bicyclic) bond motifs is 1. The zero-order valence-corrected chi connectivity index (χ0v) is 22.3. The minimum absolute atomic E-state index is 0.0357. The molecule has 0 spiro atoms. The topological polar surface area (TPSA) is 128 Å². The first-order valence-corrected chi connectivity index (χ1v) is 13.4. The van der Waals surface area contributed by atoms with Crippen molar-refractivity contribution in [2.75, 3.05) is 38.1 Å². The largest absolute Gasteiger partial charge is 0.493 e. The highest BCUT2D eigenvalue weighted by Gasteiger charge is 2.27. The van der Waals surface area contributed by atoms with Gasteiger partial charge < -0.3 is 19.7 Å². The molecule has 0 radical (unpaired) electrons. The summed E-state index contributed by atoms with van der Waals surface area (Å²) in [6, 6.07) is 19.0. The number of nitrogens with zero attached hydrogens (tertiary/aromatic N) is 4. The van der Waals surface area contributed by atoms with E-state index in [0.29, 0.717) is 34.8 Å². The van der Waals surface area contributed by atoms with Crippen LogP contribution in [0.5, 0.6) is 11.6 Å². The second kappa shape index (κ2) is 11.6. The number of sulfonamides is 1. The number of amides is 1. The van der Waals surface area contributed by atoms with Crippen LogP contribution in [-0.4, -0.2) is 63.1 Å². The van der Waals surface area contributed by atoms with Gasteiger partial charge in [-0.05, 0) is 68.7 Å². The number of para-hydroxylation sites is 1. The standard InChI is InChI=1S/C26H26ClN5O5S/c1-31(2)15-16-37-20-11-13-21(14-12-20)38(35,36)32(19-9-7-18(27)8-10-19)17-24(33)29-30-25-22-5-3-4-6-23(22)28-26(25)34/h3-14,28,34H,15-17H2,1-2H3. The third-order valence-electron chi connectivity index (χ3n) is 5.53. The Labute approximate surface area is 225 Å². The minimum atomic E-state index is -4.18. The Balaban J connectivity index is 1.59. The summed E-state index contributed by atoms with van der Waals surface area (Å²) in [5, 5.41) is 18.7. The lowest BCUT2D eigenvalue weighted by molar-refractivity contribution is -0.116. The second-order valence-corrected chi connectivity index (χ2v) is 10.9. The number of aromatic hydroxyl groups is 1. The van der Waals surface area contributed by atoms with Crippen LogP contribution in [-0.2, 0) is 14.8 Å². The number of ether oxygens (including phenoxy) is 1. The maximum atomic E-state index is 13.6. The van der Waals surface area contributed by atoms with Crippen LogP contribution in [0, 0.1) is 0 Å². The van der Waals surface area contributed by atoms with Crippen LogP contribution in [0.1, 0.15) is 0 Å². The fraction of sp³-hybridized carbons (Fsp3) is 0.192. The van der Waals surface area contributed by atoms with Gasteiger partial charge in [0.2, 0.25) is 5.88 Å². The fourth-order valence-electron chi connectivity index (χ4n) is 3.58. The molecule has 1 heterocycles. The van der Waals surface area contributed by atoms with E-state index >= 15 is 0 Å². The van der Waals surface area contributed by atoms with Crippen molar-refractivity contribution < 1.29 is 23.1 Å². The molecule has 4 aromatic rings. The first-order valence-electron chi connectivity index (χ1n) is 11.6. The van der Waals surface area contributed by atoms with Gasteiger partial charge in [-0.1, -0.05) is 29.8 Å². The van der Waals surface area contributed by atoms with Crippen molar-refractivity contribution in [2.24, 2.45) is 10.2 Å². The molecule has 2 N–H and O–H groups in total. The molecular formula is C26H26ClN5O5S. The number of hydrogen-bond acceptors (Lipinski definition) is 7. The average Bonchev–Trinajstić information content (AvgIpc) is 3.21. The van der Waals surface area contributed by atoms with Gasteiger partial charge in [0.25, 0.3) is 15.9 Å². The maximum Gasteiger partial charge on any atom is 0.285 e. The zero-order chi connectivity index (χ0) is 27.3. The first kappa shape index (κ1) is 27.1. The number of aromatic amines is 1. The van der Waals surface area contributed by atoms with E-state index in [-0.39, 0.29) is 22.2 Å². The van der Waals surface area contributed by atoms with Gasteiger partial charge in [-0.2, -0.15) is 0 Å². The molecule has 0 aliphatic rings. The number of halogens is 1. The highest BCUT2D eigenvalue weighted by molar-refractivity contribution is 7.92. The van der Waals surface area contributed by atoms with Gasteiger partial charge in [0.1, 0.15) is 18.9 Å². The third kappa shape index (κ3) is 6.31. The summed E-state index contributed by atoms with van der Waals surface area (Å²) in [5.41, 5.74) is 0.921. The number of likely N-dealkylation sites (N-methyl/N-ethyl adjacent to an activating group) is 1. The first-order chi connectivity index (χ1) is 18.1. The van der Waals surface area contributed by atoms with Crippen molar-refractivity contribution in [3.05, 3.63) is 77.8 Å². The lowest BCUT2D eigenvalue weighted by atomic mass is 10.2. The molecule has 0 fully saturated rings. The number of aromatic nitrogens is 1. The molecule has 4 rings (SSSR count). The van der Waals surface area contributed by atoms with Crippen LogP contribution in [0.15, 0.2) is 87.9 Å². The van der Waals surface area contributed by atoms with Crippen molar-refractivity contribution >= 4 is 49.8 Å². The number of hydrogen-bond donors (Lipinski definition) is 2. The van der Waals surface area contributed by atoms with Crippen molar-refractivity contribution in [3.63, 3.8) is 0 Å². The van der Waals surface area contributed by atoms with Gasteiger partial charge in [-0.3, -0.25) is 9.10 Å². The van der Waals surface area contributed by atoms with Crippen molar-refractivity contribution in [1.29, 1.82) is 0 Å². The van der Waals surface area contributed by atoms with Gasteiger partial charge in [-0.15, -0.1) is 10.2 Å². The minimum Gasteiger partial charge on any atom is -0.493 e. The molecule has 198 valence electrons. The van der Waals surface area contributed by atoms with Crippen molar-refractivity contribution in [1.82, 2.24) is 9.88 Å². The van der Waals surface area contributed by atoms with E-state index in [2.05, 4.69) is 15.2 Å². The number of carbonyl (C=O) groups is 1. The molecule has 1 aromatic heterocycles. The van der Waals surface area contributed by atoms with Crippen LogP contribution in [0.3, 0.4) is 0 Å². The molecule has 0 unspecified atom stereocenters. The number of H-pyrrole nitrogens is 1. The van der Waals surface area contributed by atoms with E-state index < -0.39 is 22.5 Å². The van der Waals surface area contributed by atoms with Crippen LogP contribution >= 0.6 is 11.6 Å². The molecular weight excluding hydrogens is 530 g/mol. The fourth-order valence-corrected chi connectivity index (χ4v) is 5.12. The van der Waals surface area contributed by atoms with Gasteiger partial charge >= 0.3 is 0 Å². The third-order valence-corrected chi connectivity index (χ3v) is 7.57. The van der Waals surface area contributed by atoms with Gasteiger partial charge in [0.15, 0.2) is 5.69 Å². The molecule has 0 aliphatic heterocycles. The summed E-state index contributed by atoms with van der Waals surface area (Å²) in [6.07, 6.45) is 0. The molecule has 0 saturated carbocycles. The Hall–Kier alpha value is -3.93. The van der Waals surface area contributed by atoms with Crippen LogP contribution in [0.2, 0.25) is 5.02 Å². The maximum absolute atomic E-state index is 13.6. The Bertz CT molecular complexity index is 1550. The molecule has 1 amide bonds. The van der Waals surface area contributed by atoms with E-state index in [0.717, 1.165) is 4.31 Å². The Morgan fingerprint density at radius 1 is 1.03 bits per heavy atom. The molecule has 0 bridgehead atoms. The molecule has 0 aliphatic carbocycles. The number of benzene rings is 3. The monoisotopic (exact) mass is 555 g/mol. The smallest absolute Gasteiger partial charge is 0.285 e. The number of carbonyl (C=O) groups excluding carboxylic acids is 1. The zero-order valence-electron chi connectivity index (χ0n) is 20.7. The Morgan fingerprint density at radius 3 is 2.39 bits per heavy atom. The molecule has 38 heavy (non-hydrogen) atoms. The molecule has 0 atom stereocenters. The van der Waals surface area contributed by atoms with E-state index in [1.54, 1.807) is 36.4 Å². The Kier molecular flexibility index (Phi) is 8.30. The number of anilines is 1. The summed E-state index contributed by atoms with van der Waals surface area (Å²) in [5.74, 6) is -0.568.